The molecule has 0 saturated heterocycles. The van der Waals surface area contributed by atoms with Gasteiger partial charge in [0.15, 0.2) is 0 Å². The lowest BCUT2D eigenvalue weighted by Gasteiger charge is -2.21. The van der Waals surface area contributed by atoms with E-state index in [4.69, 9.17) is 5.73 Å². The van der Waals surface area contributed by atoms with Crippen LogP contribution in [0.3, 0.4) is 0 Å². The van der Waals surface area contributed by atoms with Crippen LogP contribution in [0.5, 0.6) is 0 Å². The van der Waals surface area contributed by atoms with Crippen molar-refractivity contribution in [3.05, 3.63) is 64.4 Å². The predicted molar refractivity (Wildman–Crippen MR) is 106 cm³/mol. The van der Waals surface area contributed by atoms with E-state index in [1.165, 1.54) is 17.7 Å². The first-order valence-electron chi connectivity index (χ1n) is 7.79. The van der Waals surface area contributed by atoms with Crippen molar-refractivity contribution in [3.63, 3.8) is 0 Å². The van der Waals surface area contributed by atoms with Crippen molar-refractivity contribution in [2.45, 2.75) is 6.42 Å². The Labute approximate surface area is 162 Å². The maximum Gasteiger partial charge on any atom is 0.238 e. The fourth-order valence-electron chi connectivity index (χ4n) is 2.37. The van der Waals surface area contributed by atoms with Gasteiger partial charge in [-0.15, -0.1) is 12.4 Å². The van der Waals surface area contributed by atoms with Gasteiger partial charge in [0.2, 0.25) is 5.91 Å². The van der Waals surface area contributed by atoms with Crippen LogP contribution in [0.25, 0.3) is 0 Å². The van der Waals surface area contributed by atoms with Gasteiger partial charge in [0.25, 0.3) is 0 Å². The van der Waals surface area contributed by atoms with Crippen molar-refractivity contribution in [3.8, 4) is 0 Å². The minimum Gasteiger partial charge on any atom is -0.329 e. The van der Waals surface area contributed by atoms with Gasteiger partial charge in [-0.2, -0.15) is 0 Å². The van der Waals surface area contributed by atoms with Gasteiger partial charge in [-0.1, -0.05) is 46.3 Å². The van der Waals surface area contributed by atoms with Crippen molar-refractivity contribution in [1.82, 2.24) is 4.90 Å². The van der Waals surface area contributed by atoms with Crippen molar-refractivity contribution >= 4 is 39.9 Å². The van der Waals surface area contributed by atoms with Crippen LogP contribution < -0.4 is 11.1 Å². The Hall–Kier alpha value is -1.47. The molecule has 1 amide bonds. The Morgan fingerprint density at radius 1 is 1.16 bits per heavy atom. The number of nitrogens with one attached hydrogen (secondary N) is 1. The van der Waals surface area contributed by atoms with Gasteiger partial charge >= 0.3 is 0 Å². The van der Waals surface area contributed by atoms with E-state index >= 15 is 0 Å². The van der Waals surface area contributed by atoms with E-state index in [9.17, 15) is 9.18 Å². The van der Waals surface area contributed by atoms with Crippen LogP contribution in [-0.4, -0.2) is 37.0 Å². The number of amides is 1. The molecule has 0 spiro atoms. The fraction of sp³-hybridized carbons (Fsp3) is 0.278. The quantitative estimate of drug-likeness (QED) is 0.674. The second kappa shape index (κ2) is 11.2. The molecule has 2 aromatic carbocycles. The van der Waals surface area contributed by atoms with Crippen molar-refractivity contribution < 1.29 is 9.18 Å². The third kappa shape index (κ3) is 7.52. The van der Waals surface area contributed by atoms with Gasteiger partial charge in [0.1, 0.15) is 5.82 Å². The predicted octanol–water partition coefficient (Wildman–Crippen LogP) is 3.45. The Balaban J connectivity index is 0.00000312. The number of carbonyl (C=O) groups is 1. The first-order chi connectivity index (χ1) is 11.6. The molecule has 136 valence electrons. The number of hydrogen-bond donors (Lipinski definition) is 2. The van der Waals surface area contributed by atoms with E-state index in [0.29, 0.717) is 17.6 Å². The van der Waals surface area contributed by atoms with Crippen LogP contribution in [0.15, 0.2) is 53.0 Å². The number of nitrogens with two attached hydrogens (primary N) is 1. The first kappa shape index (κ1) is 21.6. The Bertz CT molecular complexity index is 673. The minimum absolute atomic E-state index is 0. The Morgan fingerprint density at radius 2 is 1.88 bits per heavy atom. The molecule has 25 heavy (non-hydrogen) atoms. The van der Waals surface area contributed by atoms with E-state index in [-0.39, 0.29) is 30.5 Å². The SMILES string of the molecule is Cl.NCCN(CCc1ccccc1)CC(=O)Nc1ccc(Br)cc1F. The molecule has 2 aromatic rings. The van der Waals surface area contributed by atoms with Gasteiger partial charge in [0.05, 0.1) is 12.2 Å². The van der Waals surface area contributed by atoms with Crippen molar-refractivity contribution in [2.24, 2.45) is 5.73 Å². The van der Waals surface area contributed by atoms with E-state index in [0.717, 1.165) is 13.0 Å². The molecule has 0 aliphatic rings. The molecule has 0 unspecified atom stereocenters. The average Bonchev–Trinajstić information content (AvgIpc) is 2.56. The van der Waals surface area contributed by atoms with E-state index in [1.54, 1.807) is 6.07 Å². The summed E-state index contributed by atoms with van der Waals surface area (Å²) >= 11 is 3.19. The van der Waals surface area contributed by atoms with Gasteiger partial charge < -0.3 is 11.1 Å². The molecular weight excluding hydrogens is 409 g/mol. The Morgan fingerprint density at radius 3 is 2.52 bits per heavy atom. The summed E-state index contributed by atoms with van der Waals surface area (Å²) in [4.78, 5) is 14.1. The van der Waals surface area contributed by atoms with Crippen LogP contribution in [0, 0.1) is 5.82 Å². The molecular formula is C18H22BrClFN3O. The molecule has 0 atom stereocenters. The topological polar surface area (TPSA) is 58.4 Å². The number of benzene rings is 2. The molecule has 3 N–H and O–H groups in total. The Kier molecular flexibility index (Phi) is 9.67. The molecule has 0 fully saturated rings. The summed E-state index contributed by atoms with van der Waals surface area (Å²) in [5.41, 5.74) is 7.02. The number of carbonyl (C=O) groups excluding carboxylic acids is 1. The molecule has 0 aliphatic heterocycles. The second-order valence-corrected chi connectivity index (χ2v) is 6.39. The molecule has 0 bridgehead atoms. The molecule has 0 aliphatic carbocycles. The summed E-state index contributed by atoms with van der Waals surface area (Å²) in [6.45, 7) is 1.98. The number of anilines is 1. The fourth-order valence-corrected chi connectivity index (χ4v) is 2.70. The first-order valence-corrected chi connectivity index (χ1v) is 8.59. The van der Waals surface area contributed by atoms with E-state index in [1.807, 2.05) is 23.1 Å². The molecule has 4 nitrogen and oxygen atoms in total. The monoisotopic (exact) mass is 429 g/mol. The zero-order valence-electron chi connectivity index (χ0n) is 13.8. The highest BCUT2D eigenvalue weighted by Gasteiger charge is 2.12. The number of halogens is 3. The zero-order chi connectivity index (χ0) is 17.4. The van der Waals surface area contributed by atoms with Crippen LogP contribution in [0.2, 0.25) is 0 Å². The molecule has 0 heterocycles. The highest BCUT2D eigenvalue weighted by Crippen LogP contribution is 2.19. The number of hydrogen-bond acceptors (Lipinski definition) is 3. The lowest BCUT2D eigenvalue weighted by Crippen LogP contribution is -2.38. The van der Waals surface area contributed by atoms with E-state index in [2.05, 4.69) is 33.4 Å². The van der Waals surface area contributed by atoms with E-state index < -0.39 is 5.82 Å². The lowest BCUT2D eigenvalue weighted by molar-refractivity contribution is -0.117. The molecule has 7 heteroatoms. The third-order valence-corrected chi connectivity index (χ3v) is 4.07. The van der Waals surface area contributed by atoms with Crippen LogP contribution in [-0.2, 0) is 11.2 Å². The summed E-state index contributed by atoms with van der Waals surface area (Å²) in [7, 11) is 0. The third-order valence-electron chi connectivity index (χ3n) is 3.58. The average molecular weight is 431 g/mol. The standard InChI is InChI=1S/C18H21BrFN3O.ClH/c19-15-6-7-17(16(20)12-15)22-18(24)13-23(11-9-21)10-8-14-4-2-1-3-5-14;/h1-7,12H,8-11,13,21H2,(H,22,24);1H. The molecule has 2 rings (SSSR count). The zero-order valence-corrected chi connectivity index (χ0v) is 16.2. The van der Waals surface area contributed by atoms with Crippen molar-refractivity contribution in [2.75, 3.05) is 31.5 Å². The largest absolute Gasteiger partial charge is 0.329 e. The van der Waals surface area contributed by atoms with Gasteiger partial charge in [-0.25, -0.2) is 4.39 Å². The second-order valence-electron chi connectivity index (χ2n) is 5.47. The maximum atomic E-state index is 13.8. The summed E-state index contributed by atoms with van der Waals surface area (Å²) in [6, 6.07) is 14.6. The van der Waals surface area contributed by atoms with Crippen LogP contribution in [0.4, 0.5) is 10.1 Å². The van der Waals surface area contributed by atoms with Gasteiger partial charge in [-0.3, -0.25) is 9.69 Å². The number of rotatable bonds is 8. The smallest absolute Gasteiger partial charge is 0.238 e. The molecule has 0 saturated carbocycles. The van der Waals surface area contributed by atoms with Gasteiger partial charge in [-0.05, 0) is 30.2 Å². The van der Waals surface area contributed by atoms with Crippen molar-refractivity contribution in [1.29, 1.82) is 0 Å². The maximum absolute atomic E-state index is 13.8. The van der Waals surface area contributed by atoms with Crippen LogP contribution in [0.1, 0.15) is 5.56 Å². The van der Waals surface area contributed by atoms with Gasteiger partial charge in [0, 0.05) is 24.1 Å². The summed E-state index contributed by atoms with van der Waals surface area (Å²) in [5, 5.41) is 2.61. The highest BCUT2D eigenvalue weighted by atomic mass is 79.9. The molecule has 0 radical (unpaired) electrons. The summed E-state index contributed by atoms with van der Waals surface area (Å²) in [6.07, 6.45) is 0.834. The minimum atomic E-state index is -0.465. The molecule has 0 aromatic heterocycles. The number of nitrogens with zero attached hydrogens (tertiary/aromatic N) is 1. The summed E-state index contributed by atoms with van der Waals surface area (Å²) < 4.78 is 14.4. The normalized spacial score (nSPS) is 10.4. The lowest BCUT2D eigenvalue weighted by atomic mass is 10.1. The highest BCUT2D eigenvalue weighted by molar-refractivity contribution is 9.10. The van der Waals surface area contributed by atoms with Crippen LogP contribution >= 0.6 is 28.3 Å². The summed E-state index contributed by atoms with van der Waals surface area (Å²) in [5.74, 6) is -0.717.